The maximum Gasteiger partial charge on any atom is 0.0525 e. The maximum absolute atomic E-state index is 4.96. The van der Waals surface area contributed by atoms with Crippen LogP contribution in [0.2, 0.25) is 0 Å². The van der Waals surface area contributed by atoms with Gasteiger partial charge >= 0.3 is 0 Å². The third-order valence-electron chi connectivity index (χ3n) is 1.27. The molecular formula is C7H10O. The predicted molar refractivity (Wildman–Crippen MR) is 32.4 cm³/mol. The molecule has 0 amide bonds. The van der Waals surface area contributed by atoms with Gasteiger partial charge in [0, 0.05) is 12.3 Å². The number of rotatable bonds is 1. The van der Waals surface area contributed by atoms with Crippen LogP contribution >= 0.6 is 0 Å². The van der Waals surface area contributed by atoms with Crippen molar-refractivity contribution < 1.29 is 4.74 Å². The third kappa shape index (κ3) is 1.24. The molecule has 1 heteroatoms. The van der Waals surface area contributed by atoms with E-state index in [4.69, 9.17) is 4.74 Å². The van der Waals surface area contributed by atoms with Crippen molar-refractivity contribution in [3.8, 4) is 11.8 Å². The van der Waals surface area contributed by atoms with Gasteiger partial charge in [0.15, 0.2) is 0 Å². The molecule has 1 rings (SSSR count). The molecule has 0 aromatic heterocycles. The smallest absolute Gasteiger partial charge is 0.0525 e. The molecule has 0 saturated carbocycles. The van der Waals surface area contributed by atoms with Crippen LogP contribution < -0.4 is 0 Å². The molecule has 0 atom stereocenters. The summed E-state index contributed by atoms with van der Waals surface area (Å²) < 4.78 is 4.96. The maximum atomic E-state index is 4.96. The lowest BCUT2D eigenvalue weighted by Crippen LogP contribution is -2.26. The Hall–Kier alpha value is -0.480. The normalized spacial score (nSPS) is 18.6. The van der Waals surface area contributed by atoms with E-state index in [2.05, 4.69) is 11.8 Å². The number of hydrogen-bond acceptors (Lipinski definition) is 1. The summed E-state index contributed by atoms with van der Waals surface area (Å²) in [7, 11) is 0. The molecule has 8 heavy (non-hydrogen) atoms. The summed E-state index contributed by atoms with van der Waals surface area (Å²) >= 11 is 0. The highest BCUT2D eigenvalue weighted by molar-refractivity contribution is 4.97. The first-order valence-corrected chi connectivity index (χ1v) is 2.91. The summed E-state index contributed by atoms with van der Waals surface area (Å²) in [6, 6.07) is 0. The standard InChI is InChI=1S/C7H10O/c1-2-3-4-7-5-8-6-7/h7H,4-6H2,1H3. The molecule has 1 aliphatic rings. The second-order valence-electron chi connectivity index (χ2n) is 2.03. The van der Waals surface area contributed by atoms with E-state index in [9.17, 15) is 0 Å². The van der Waals surface area contributed by atoms with Crippen molar-refractivity contribution in [2.45, 2.75) is 13.3 Å². The van der Waals surface area contributed by atoms with Gasteiger partial charge in [-0.2, -0.15) is 0 Å². The first kappa shape index (κ1) is 5.65. The number of hydrogen-bond donors (Lipinski definition) is 0. The van der Waals surface area contributed by atoms with Gasteiger partial charge in [-0.25, -0.2) is 0 Å². The van der Waals surface area contributed by atoms with Gasteiger partial charge in [0.05, 0.1) is 13.2 Å². The fraction of sp³-hybridized carbons (Fsp3) is 0.714. The molecule has 0 radical (unpaired) electrons. The predicted octanol–water partition coefficient (Wildman–Crippen LogP) is 1.05. The summed E-state index contributed by atoms with van der Waals surface area (Å²) in [6.07, 6.45) is 1.02. The Morgan fingerprint density at radius 1 is 1.62 bits per heavy atom. The minimum absolute atomic E-state index is 0.738. The lowest BCUT2D eigenvalue weighted by Gasteiger charge is -2.23. The van der Waals surface area contributed by atoms with Crippen LogP contribution in [0.4, 0.5) is 0 Å². The highest BCUT2D eigenvalue weighted by Gasteiger charge is 2.15. The Bertz CT molecular complexity index is 114. The van der Waals surface area contributed by atoms with Crippen LogP contribution in [0.1, 0.15) is 13.3 Å². The second kappa shape index (κ2) is 2.74. The van der Waals surface area contributed by atoms with Crippen molar-refractivity contribution in [3.63, 3.8) is 0 Å². The van der Waals surface area contributed by atoms with Crippen molar-refractivity contribution in [1.29, 1.82) is 0 Å². The van der Waals surface area contributed by atoms with Gasteiger partial charge < -0.3 is 4.74 Å². The van der Waals surface area contributed by atoms with E-state index in [0.717, 1.165) is 25.6 Å². The Labute approximate surface area is 50.0 Å². The molecule has 0 aliphatic carbocycles. The van der Waals surface area contributed by atoms with Crippen molar-refractivity contribution in [3.05, 3.63) is 0 Å². The van der Waals surface area contributed by atoms with Crippen molar-refractivity contribution in [2.75, 3.05) is 13.2 Å². The van der Waals surface area contributed by atoms with Crippen LogP contribution in [0.15, 0.2) is 0 Å². The molecule has 0 spiro atoms. The molecule has 1 heterocycles. The molecule has 1 fully saturated rings. The van der Waals surface area contributed by atoms with Gasteiger partial charge in [-0.1, -0.05) is 0 Å². The van der Waals surface area contributed by atoms with Crippen molar-refractivity contribution in [2.24, 2.45) is 5.92 Å². The molecular weight excluding hydrogens is 100 g/mol. The Kier molecular flexibility index (Phi) is 1.93. The fourth-order valence-corrected chi connectivity index (χ4v) is 0.649. The van der Waals surface area contributed by atoms with Gasteiger partial charge in [0.25, 0.3) is 0 Å². The van der Waals surface area contributed by atoms with Gasteiger partial charge in [0.2, 0.25) is 0 Å². The van der Waals surface area contributed by atoms with Crippen LogP contribution in [0.25, 0.3) is 0 Å². The van der Waals surface area contributed by atoms with Gasteiger partial charge in [0.1, 0.15) is 0 Å². The van der Waals surface area contributed by atoms with E-state index in [1.165, 1.54) is 0 Å². The van der Waals surface area contributed by atoms with Crippen LogP contribution in [-0.4, -0.2) is 13.2 Å². The zero-order chi connectivity index (χ0) is 5.82. The molecule has 1 aliphatic heterocycles. The zero-order valence-electron chi connectivity index (χ0n) is 5.11. The van der Waals surface area contributed by atoms with Crippen LogP contribution in [0.5, 0.6) is 0 Å². The van der Waals surface area contributed by atoms with Crippen molar-refractivity contribution in [1.82, 2.24) is 0 Å². The van der Waals surface area contributed by atoms with Gasteiger partial charge in [-0.05, 0) is 6.92 Å². The van der Waals surface area contributed by atoms with E-state index in [-0.39, 0.29) is 0 Å². The SMILES string of the molecule is CC#CCC1COC1. The first-order chi connectivity index (χ1) is 3.93. The van der Waals surface area contributed by atoms with E-state index in [1.807, 2.05) is 6.92 Å². The quantitative estimate of drug-likeness (QED) is 0.458. The monoisotopic (exact) mass is 110 g/mol. The molecule has 0 aromatic rings. The highest BCUT2D eigenvalue weighted by Crippen LogP contribution is 2.12. The minimum atomic E-state index is 0.738. The lowest BCUT2D eigenvalue weighted by molar-refractivity contribution is -0.0289. The molecule has 0 N–H and O–H groups in total. The third-order valence-corrected chi connectivity index (χ3v) is 1.27. The largest absolute Gasteiger partial charge is 0.381 e. The molecule has 1 saturated heterocycles. The molecule has 44 valence electrons. The summed E-state index contributed by atoms with van der Waals surface area (Å²) in [5, 5.41) is 0. The Balaban J connectivity index is 2.07. The van der Waals surface area contributed by atoms with Crippen LogP contribution in [0.3, 0.4) is 0 Å². The minimum Gasteiger partial charge on any atom is -0.381 e. The van der Waals surface area contributed by atoms with E-state index in [0.29, 0.717) is 0 Å². The molecule has 0 aromatic carbocycles. The number of ether oxygens (including phenoxy) is 1. The molecule has 0 bridgehead atoms. The topological polar surface area (TPSA) is 9.23 Å². The molecule has 1 nitrogen and oxygen atoms in total. The summed E-state index contributed by atoms with van der Waals surface area (Å²) in [4.78, 5) is 0. The zero-order valence-corrected chi connectivity index (χ0v) is 5.11. The summed E-state index contributed by atoms with van der Waals surface area (Å²) in [5.41, 5.74) is 0. The average Bonchev–Trinajstić information content (AvgIpc) is 1.63. The molecule has 0 unspecified atom stereocenters. The fourth-order valence-electron chi connectivity index (χ4n) is 0.649. The average molecular weight is 110 g/mol. The first-order valence-electron chi connectivity index (χ1n) is 2.91. The van der Waals surface area contributed by atoms with E-state index in [1.54, 1.807) is 0 Å². The van der Waals surface area contributed by atoms with E-state index < -0.39 is 0 Å². The van der Waals surface area contributed by atoms with E-state index >= 15 is 0 Å². The Morgan fingerprint density at radius 3 is 2.75 bits per heavy atom. The van der Waals surface area contributed by atoms with Crippen molar-refractivity contribution >= 4 is 0 Å². The summed E-state index contributed by atoms with van der Waals surface area (Å²) in [5.74, 6) is 6.62. The lowest BCUT2D eigenvalue weighted by atomic mass is 10.1. The van der Waals surface area contributed by atoms with Crippen LogP contribution in [-0.2, 0) is 4.74 Å². The highest BCUT2D eigenvalue weighted by atomic mass is 16.5. The summed E-state index contributed by atoms with van der Waals surface area (Å²) in [6.45, 7) is 3.73. The van der Waals surface area contributed by atoms with Gasteiger partial charge in [-0.3, -0.25) is 0 Å². The second-order valence-corrected chi connectivity index (χ2v) is 2.03. The van der Waals surface area contributed by atoms with Crippen LogP contribution in [0, 0.1) is 17.8 Å². The Morgan fingerprint density at radius 2 is 2.38 bits per heavy atom. The van der Waals surface area contributed by atoms with Gasteiger partial charge in [-0.15, -0.1) is 11.8 Å².